The zero-order valence-electron chi connectivity index (χ0n) is 11.7. The molecule has 1 aromatic carbocycles. The van der Waals surface area contributed by atoms with E-state index >= 15 is 0 Å². The standard InChI is InChI=1S/C14H20N2O3/c1-9-7-10(13(18)19)5-6-11(9)15-8-12(17)16-14(2,3)4/h5-7,15H,8H2,1-4H3,(H,16,17)(H,18,19). The van der Waals surface area contributed by atoms with Gasteiger partial charge in [0, 0.05) is 11.2 Å². The Labute approximate surface area is 113 Å². The minimum absolute atomic E-state index is 0.103. The van der Waals surface area contributed by atoms with Gasteiger partial charge in [0.25, 0.3) is 0 Å². The molecule has 1 aromatic rings. The number of carbonyl (C=O) groups excluding carboxylic acids is 1. The molecular weight excluding hydrogens is 244 g/mol. The summed E-state index contributed by atoms with van der Waals surface area (Å²) in [5, 5.41) is 14.7. The molecule has 19 heavy (non-hydrogen) atoms. The molecular formula is C14H20N2O3. The second-order valence-electron chi connectivity index (χ2n) is 5.49. The fourth-order valence-corrected chi connectivity index (χ4v) is 1.63. The summed E-state index contributed by atoms with van der Waals surface area (Å²) in [6.07, 6.45) is 0. The predicted molar refractivity (Wildman–Crippen MR) is 74.5 cm³/mol. The van der Waals surface area contributed by atoms with Gasteiger partial charge in [-0.25, -0.2) is 4.79 Å². The van der Waals surface area contributed by atoms with Crippen LogP contribution in [-0.2, 0) is 4.79 Å². The zero-order chi connectivity index (χ0) is 14.6. The van der Waals surface area contributed by atoms with Crippen molar-refractivity contribution in [3.8, 4) is 0 Å². The van der Waals surface area contributed by atoms with E-state index in [2.05, 4.69) is 10.6 Å². The maximum Gasteiger partial charge on any atom is 0.335 e. The Morgan fingerprint density at radius 1 is 1.26 bits per heavy atom. The highest BCUT2D eigenvalue weighted by Crippen LogP contribution is 2.16. The van der Waals surface area contributed by atoms with Gasteiger partial charge in [-0.15, -0.1) is 0 Å². The average molecular weight is 264 g/mol. The molecule has 0 bridgehead atoms. The summed E-state index contributed by atoms with van der Waals surface area (Å²) in [5.74, 6) is -1.06. The van der Waals surface area contributed by atoms with E-state index in [0.717, 1.165) is 11.3 Å². The Morgan fingerprint density at radius 3 is 2.37 bits per heavy atom. The van der Waals surface area contributed by atoms with Crippen molar-refractivity contribution >= 4 is 17.6 Å². The SMILES string of the molecule is Cc1cc(C(=O)O)ccc1NCC(=O)NC(C)(C)C. The molecule has 0 atom stereocenters. The summed E-state index contributed by atoms with van der Waals surface area (Å²) in [6, 6.07) is 4.76. The van der Waals surface area contributed by atoms with Gasteiger partial charge in [-0.3, -0.25) is 4.79 Å². The topological polar surface area (TPSA) is 78.4 Å². The number of hydrogen-bond acceptors (Lipinski definition) is 3. The molecule has 0 aliphatic carbocycles. The van der Waals surface area contributed by atoms with Crippen molar-refractivity contribution in [3.63, 3.8) is 0 Å². The second-order valence-corrected chi connectivity index (χ2v) is 5.49. The molecule has 0 unspecified atom stereocenters. The summed E-state index contributed by atoms with van der Waals surface area (Å²) in [4.78, 5) is 22.5. The van der Waals surface area contributed by atoms with Crippen molar-refractivity contribution in [1.29, 1.82) is 0 Å². The minimum atomic E-state index is -0.958. The van der Waals surface area contributed by atoms with Gasteiger partial charge in [-0.1, -0.05) is 0 Å². The van der Waals surface area contributed by atoms with E-state index in [9.17, 15) is 9.59 Å². The molecule has 1 amide bonds. The van der Waals surface area contributed by atoms with Crippen LogP contribution in [0, 0.1) is 6.92 Å². The molecule has 0 fully saturated rings. The summed E-state index contributed by atoms with van der Waals surface area (Å²) in [6.45, 7) is 7.70. The molecule has 0 saturated heterocycles. The largest absolute Gasteiger partial charge is 0.478 e. The molecule has 0 aliphatic heterocycles. The van der Waals surface area contributed by atoms with Gasteiger partial charge in [0.15, 0.2) is 0 Å². The van der Waals surface area contributed by atoms with Crippen LogP contribution in [0.15, 0.2) is 18.2 Å². The molecule has 0 radical (unpaired) electrons. The lowest BCUT2D eigenvalue weighted by atomic mass is 10.1. The number of aromatic carboxylic acids is 1. The first-order chi connectivity index (χ1) is 8.69. The monoisotopic (exact) mass is 264 g/mol. The third-order valence-corrected chi connectivity index (χ3v) is 2.43. The number of amides is 1. The molecule has 0 aromatic heterocycles. The lowest BCUT2D eigenvalue weighted by Crippen LogP contribution is -2.43. The molecule has 0 aliphatic rings. The first-order valence-corrected chi connectivity index (χ1v) is 6.08. The van der Waals surface area contributed by atoms with E-state index in [0.29, 0.717) is 0 Å². The van der Waals surface area contributed by atoms with E-state index in [4.69, 9.17) is 5.11 Å². The van der Waals surface area contributed by atoms with Gasteiger partial charge in [-0.2, -0.15) is 0 Å². The molecule has 5 nitrogen and oxygen atoms in total. The Balaban J connectivity index is 2.64. The molecule has 3 N–H and O–H groups in total. The van der Waals surface area contributed by atoms with E-state index in [1.807, 2.05) is 20.8 Å². The minimum Gasteiger partial charge on any atom is -0.478 e. The lowest BCUT2D eigenvalue weighted by molar-refractivity contribution is -0.120. The van der Waals surface area contributed by atoms with Gasteiger partial charge in [0.05, 0.1) is 12.1 Å². The predicted octanol–water partition coefficient (Wildman–Crippen LogP) is 2.02. The number of benzene rings is 1. The van der Waals surface area contributed by atoms with Crippen LogP contribution in [0.5, 0.6) is 0 Å². The van der Waals surface area contributed by atoms with E-state index in [1.54, 1.807) is 19.1 Å². The first-order valence-electron chi connectivity index (χ1n) is 6.08. The third-order valence-electron chi connectivity index (χ3n) is 2.43. The quantitative estimate of drug-likeness (QED) is 0.777. The van der Waals surface area contributed by atoms with Crippen molar-refractivity contribution in [2.75, 3.05) is 11.9 Å². The van der Waals surface area contributed by atoms with Crippen LogP contribution in [-0.4, -0.2) is 29.1 Å². The number of nitrogens with one attached hydrogen (secondary N) is 2. The van der Waals surface area contributed by atoms with Crippen molar-refractivity contribution in [1.82, 2.24) is 5.32 Å². The number of aryl methyl sites for hydroxylation is 1. The van der Waals surface area contributed by atoms with Gasteiger partial charge >= 0.3 is 5.97 Å². The van der Waals surface area contributed by atoms with Crippen LogP contribution >= 0.6 is 0 Å². The van der Waals surface area contributed by atoms with E-state index in [-0.39, 0.29) is 23.6 Å². The number of carboxylic acids is 1. The van der Waals surface area contributed by atoms with Crippen LogP contribution in [0.2, 0.25) is 0 Å². The highest BCUT2D eigenvalue weighted by Gasteiger charge is 2.13. The van der Waals surface area contributed by atoms with Crippen molar-refractivity contribution in [2.24, 2.45) is 0 Å². The Bertz CT molecular complexity index is 490. The van der Waals surface area contributed by atoms with Crippen LogP contribution in [0.4, 0.5) is 5.69 Å². The van der Waals surface area contributed by atoms with Gasteiger partial charge < -0.3 is 15.7 Å². The zero-order valence-corrected chi connectivity index (χ0v) is 11.7. The summed E-state index contributed by atoms with van der Waals surface area (Å²) in [5.41, 5.74) is 1.53. The molecule has 5 heteroatoms. The lowest BCUT2D eigenvalue weighted by Gasteiger charge is -2.21. The maximum atomic E-state index is 11.7. The van der Waals surface area contributed by atoms with Gasteiger partial charge in [0.2, 0.25) is 5.91 Å². The fourth-order valence-electron chi connectivity index (χ4n) is 1.63. The number of carboxylic acid groups (broad SMARTS) is 1. The highest BCUT2D eigenvalue weighted by molar-refractivity contribution is 5.89. The average Bonchev–Trinajstić information content (AvgIpc) is 2.24. The van der Waals surface area contributed by atoms with Crippen molar-refractivity contribution in [2.45, 2.75) is 33.2 Å². The van der Waals surface area contributed by atoms with Crippen molar-refractivity contribution in [3.05, 3.63) is 29.3 Å². The molecule has 1 rings (SSSR count). The van der Waals surface area contributed by atoms with Gasteiger partial charge in [-0.05, 0) is 51.5 Å². The van der Waals surface area contributed by atoms with Crippen LogP contribution in [0.1, 0.15) is 36.7 Å². The Kier molecular flexibility index (Phi) is 4.53. The summed E-state index contributed by atoms with van der Waals surface area (Å²) < 4.78 is 0. The molecule has 0 heterocycles. The molecule has 0 spiro atoms. The normalized spacial score (nSPS) is 10.9. The highest BCUT2D eigenvalue weighted by atomic mass is 16.4. The van der Waals surface area contributed by atoms with Crippen LogP contribution in [0.25, 0.3) is 0 Å². The second kappa shape index (κ2) is 5.73. The first kappa shape index (κ1) is 15.0. The fraction of sp³-hybridized carbons (Fsp3) is 0.429. The van der Waals surface area contributed by atoms with Crippen LogP contribution < -0.4 is 10.6 Å². The Morgan fingerprint density at radius 2 is 1.89 bits per heavy atom. The molecule has 0 saturated carbocycles. The number of carbonyl (C=O) groups is 2. The van der Waals surface area contributed by atoms with Gasteiger partial charge in [0.1, 0.15) is 0 Å². The number of anilines is 1. The van der Waals surface area contributed by atoms with Crippen molar-refractivity contribution < 1.29 is 14.7 Å². The van der Waals surface area contributed by atoms with E-state index < -0.39 is 5.97 Å². The summed E-state index contributed by atoms with van der Waals surface area (Å²) in [7, 11) is 0. The number of rotatable bonds is 4. The molecule has 104 valence electrons. The van der Waals surface area contributed by atoms with Crippen LogP contribution in [0.3, 0.4) is 0 Å². The third kappa shape index (κ3) is 4.99. The number of hydrogen-bond donors (Lipinski definition) is 3. The smallest absolute Gasteiger partial charge is 0.335 e. The maximum absolute atomic E-state index is 11.7. The van der Waals surface area contributed by atoms with E-state index in [1.165, 1.54) is 6.07 Å². The Hall–Kier alpha value is -2.04. The summed E-state index contributed by atoms with van der Waals surface area (Å²) >= 11 is 0.